The van der Waals surface area contributed by atoms with Crippen molar-refractivity contribution >= 4 is 11.8 Å². The maximum Gasteiger partial charge on any atom is 0.0520 e. The van der Waals surface area contributed by atoms with Gasteiger partial charge in [0, 0.05) is 5.25 Å². The van der Waals surface area contributed by atoms with Gasteiger partial charge in [-0.2, -0.15) is 11.8 Å². The van der Waals surface area contributed by atoms with Gasteiger partial charge in [0.2, 0.25) is 0 Å². The largest absolute Gasteiger partial charge is 0.393 e. The lowest BCUT2D eigenvalue weighted by Crippen LogP contribution is -2.03. The van der Waals surface area contributed by atoms with Crippen LogP contribution in [0, 0.1) is 0 Å². The van der Waals surface area contributed by atoms with Gasteiger partial charge in [-0.15, -0.1) is 0 Å². The lowest BCUT2D eigenvalue weighted by molar-refractivity contribution is 0.192. The summed E-state index contributed by atoms with van der Waals surface area (Å²) < 4.78 is 0. The van der Waals surface area contributed by atoms with E-state index in [9.17, 15) is 0 Å². The molecule has 0 saturated heterocycles. The molecule has 0 spiro atoms. The van der Waals surface area contributed by atoms with E-state index < -0.39 is 0 Å². The topological polar surface area (TPSA) is 20.2 Å². The lowest BCUT2D eigenvalue weighted by Gasteiger charge is -2.08. The first-order valence-corrected chi connectivity index (χ1v) is 5.63. The van der Waals surface area contributed by atoms with Gasteiger partial charge in [0.25, 0.3) is 0 Å². The molecule has 1 atom stereocenters. The Morgan fingerprint density at radius 1 is 1.45 bits per heavy atom. The molecule has 2 heteroatoms. The van der Waals surface area contributed by atoms with Gasteiger partial charge < -0.3 is 5.11 Å². The fourth-order valence-corrected chi connectivity index (χ4v) is 2.94. The van der Waals surface area contributed by atoms with Gasteiger partial charge in [-0.1, -0.05) is 12.8 Å². The van der Waals surface area contributed by atoms with Crippen molar-refractivity contribution in [1.29, 1.82) is 0 Å². The van der Waals surface area contributed by atoms with Crippen molar-refractivity contribution in [2.75, 3.05) is 5.75 Å². The normalized spacial score (nSPS) is 22.4. The molecule has 11 heavy (non-hydrogen) atoms. The zero-order chi connectivity index (χ0) is 8.10. The van der Waals surface area contributed by atoms with Crippen LogP contribution in [0.2, 0.25) is 0 Å². The molecule has 1 fully saturated rings. The van der Waals surface area contributed by atoms with Crippen molar-refractivity contribution in [2.45, 2.75) is 50.4 Å². The van der Waals surface area contributed by atoms with E-state index in [0.717, 1.165) is 17.4 Å². The highest BCUT2D eigenvalue weighted by molar-refractivity contribution is 7.99. The van der Waals surface area contributed by atoms with Crippen LogP contribution >= 0.6 is 11.8 Å². The van der Waals surface area contributed by atoms with Crippen molar-refractivity contribution in [3.8, 4) is 0 Å². The molecular weight excluding hydrogens is 156 g/mol. The molecule has 0 aromatic heterocycles. The summed E-state index contributed by atoms with van der Waals surface area (Å²) in [6, 6.07) is 0. The number of hydrogen-bond acceptors (Lipinski definition) is 2. The Hall–Kier alpha value is 0.310. The minimum atomic E-state index is -0.107. The number of rotatable bonds is 4. The number of thioether (sulfide) groups is 1. The van der Waals surface area contributed by atoms with Crippen molar-refractivity contribution < 1.29 is 5.11 Å². The maximum absolute atomic E-state index is 9.01. The second kappa shape index (κ2) is 5.04. The van der Waals surface area contributed by atoms with Crippen LogP contribution in [0.3, 0.4) is 0 Å². The van der Waals surface area contributed by atoms with Gasteiger partial charge in [-0.25, -0.2) is 0 Å². The van der Waals surface area contributed by atoms with Crippen LogP contribution in [0.15, 0.2) is 0 Å². The summed E-state index contributed by atoms with van der Waals surface area (Å²) in [5, 5.41) is 9.92. The molecule has 1 aliphatic carbocycles. The summed E-state index contributed by atoms with van der Waals surface area (Å²) in [7, 11) is 0. The monoisotopic (exact) mass is 174 g/mol. The van der Waals surface area contributed by atoms with Crippen molar-refractivity contribution in [3.63, 3.8) is 0 Å². The Bertz CT molecular complexity index is 97.7. The van der Waals surface area contributed by atoms with Crippen LogP contribution in [0.25, 0.3) is 0 Å². The van der Waals surface area contributed by atoms with Crippen molar-refractivity contribution in [1.82, 2.24) is 0 Å². The van der Waals surface area contributed by atoms with Crippen LogP contribution in [0.5, 0.6) is 0 Å². The van der Waals surface area contributed by atoms with E-state index >= 15 is 0 Å². The van der Waals surface area contributed by atoms with Gasteiger partial charge in [-0.3, -0.25) is 0 Å². The average molecular weight is 174 g/mol. The molecule has 0 heterocycles. The average Bonchev–Trinajstić information content (AvgIpc) is 2.39. The molecule has 0 aromatic rings. The summed E-state index contributed by atoms with van der Waals surface area (Å²) in [4.78, 5) is 0. The van der Waals surface area contributed by atoms with Gasteiger partial charge in [0.05, 0.1) is 6.10 Å². The summed E-state index contributed by atoms with van der Waals surface area (Å²) in [6.45, 7) is 1.87. The molecule has 1 unspecified atom stereocenters. The molecular formula is C9H18OS. The molecule has 0 bridgehead atoms. The lowest BCUT2D eigenvalue weighted by atomic mass is 10.3. The molecule has 1 aliphatic rings. The zero-order valence-electron chi connectivity index (χ0n) is 7.25. The van der Waals surface area contributed by atoms with Crippen molar-refractivity contribution in [3.05, 3.63) is 0 Å². The third-order valence-corrected chi connectivity index (χ3v) is 3.61. The molecule has 1 N–H and O–H groups in total. The number of aliphatic hydroxyl groups excluding tert-OH is 1. The molecule has 0 aliphatic heterocycles. The van der Waals surface area contributed by atoms with Crippen molar-refractivity contribution in [2.24, 2.45) is 0 Å². The molecule has 0 amide bonds. The Morgan fingerprint density at radius 2 is 2.09 bits per heavy atom. The predicted molar refractivity (Wildman–Crippen MR) is 51.0 cm³/mol. The third-order valence-electron chi connectivity index (χ3n) is 2.19. The second-order valence-electron chi connectivity index (χ2n) is 3.41. The Kier molecular flexibility index (Phi) is 4.31. The highest BCUT2D eigenvalue weighted by atomic mass is 32.2. The Morgan fingerprint density at radius 3 is 2.64 bits per heavy atom. The van der Waals surface area contributed by atoms with E-state index in [1.165, 1.54) is 25.7 Å². The van der Waals surface area contributed by atoms with Gasteiger partial charge >= 0.3 is 0 Å². The van der Waals surface area contributed by atoms with Crippen LogP contribution in [0.4, 0.5) is 0 Å². The first-order chi connectivity index (χ1) is 5.29. The molecule has 1 nitrogen and oxygen atoms in total. The highest BCUT2D eigenvalue weighted by Crippen LogP contribution is 2.29. The minimum absolute atomic E-state index is 0.107. The van der Waals surface area contributed by atoms with E-state index in [4.69, 9.17) is 5.11 Å². The van der Waals surface area contributed by atoms with E-state index in [1.807, 2.05) is 6.92 Å². The van der Waals surface area contributed by atoms with Gasteiger partial charge in [0.15, 0.2) is 0 Å². The minimum Gasteiger partial charge on any atom is -0.393 e. The first-order valence-electron chi connectivity index (χ1n) is 4.58. The van der Waals surface area contributed by atoms with Crippen LogP contribution < -0.4 is 0 Å². The standard InChI is InChI=1S/C9H18OS/c1-8(10)6-7-11-9-4-2-3-5-9/h8-10H,2-7H2,1H3. The number of hydrogen-bond donors (Lipinski definition) is 1. The summed E-state index contributed by atoms with van der Waals surface area (Å²) in [5.74, 6) is 1.14. The van der Waals surface area contributed by atoms with E-state index in [-0.39, 0.29) is 6.10 Å². The van der Waals surface area contributed by atoms with Gasteiger partial charge in [-0.05, 0) is 31.9 Å². The van der Waals surface area contributed by atoms with E-state index in [2.05, 4.69) is 11.8 Å². The molecule has 0 radical (unpaired) electrons. The Labute approximate surface area is 73.6 Å². The molecule has 0 aromatic carbocycles. The Balaban J connectivity index is 1.94. The molecule has 1 saturated carbocycles. The molecule has 1 rings (SSSR count). The van der Waals surface area contributed by atoms with E-state index in [1.54, 1.807) is 0 Å². The summed E-state index contributed by atoms with van der Waals surface area (Å²) in [6.07, 6.45) is 6.51. The van der Waals surface area contributed by atoms with E-state index in [0.29, 0.717) is 0 Å². The fraction of sp³-hybridized carbons (Fsp3) is 1.00. The van der Waals surface area contributed by atoms with Crippen LogP contribution in [-0.2, 0) is 0 Å². The third kappa shape index (κ3) is 4.02. The zero-order valence-corrected chi connectivity index (χ0v) is 8.07. The smallest absolute Gasteiger partial charge is 0.0520 e. The summed E-state index contributed by atoms with van der Waals surface area (Å²) in [5.41, 5.74) is 0. The summed E-state index contributed by atoms with van der Waals surface area (Å²) >= 11 is 2.05. The van der Waals surface area contributed by atoms with Crippen LogP contribution in [0.1, 0.15) is 39.0 Å². The second-order valence-corrected chi connectivity index (χ2v) is 4.82. The fourth-order valence-electron chi connectivity index (χ4n) is 1.46. The number of aliphatic hydroxyl groups is 1. The predicted octanol–water partition coefficient (Wildman–Crippen LogP) is 2.43. The highest BCUT2D eigenvalue weighted by Gasteiger charge is 2.14. The SMILES string of the molecule is CC(O)CCSC1CCCC1. The molecule has 66 valence electrons. The maximum atomic E-state index is 9.01. The van der Waals surface area contributed by atoms with Gasteiger partial charge in [0.1, 0.15) is 0 Å². The quantitative estimate of drug-likeness (QED) is 0.706. The van der Waals surface area contributed by atoms with Crippen LogP contribution in [-0.4, -0.2) is 22.2 Å². The first kappa shape index (κ1) is 9.40.